The molecule has 3 aromatic rings. The van der Waals surface area contributed by atoms with Crippen LogP contribution < -0.4 is 5.32 Å². The molecule has 0 unspecified atom stereocenters. The maximum absolute atomic E-state index is 12.3. The summed E-state index contributed by atoms with van der Waals surface area (Å²) in [6.07, 6.45) is 3.48. The average molecular weight is 388 g/mol. The van der Waals surface area contributed by atoms with Crippen molar-refractivity contribution < 1.29 is 9.21 Å². The fraction of sp³-hybridized carbons (Fsp3) is 0.217. The highest BCUT2D eigenvalue weighted by atomic mass is 16.3. The van der Waals surface area contributed by atoms with Gasteiger partial charge in [0.2, 0.25) is 11.8 Å². The monoisotopic (exact) mass is 388 g/mol. The average Bonchev–Trinajstić information content (AvgIpc) is 3.24. The maximum Gasteiger partial charge on any atom is 0.228 e. The van der Waals surface area contributed by atoms with Crippen LogP contribution in [0.1, 0.15) is 25.8 Å². The molecule has 6 heteroatoms. The number of carbonyl (C=O) groups is 1. The third-order valence-corrected chi connectivity index (χ3v) is 4.69. The Hall–Kier alpha value is -3.54. The molecule has 0 fully saturated rings. The van der Waals surface area contributed by atoms with Crippen molar-refractivity contribution in [3.8, 4) is 22.6 Å². The highest BCUT2D eigenvalue weighted by Gasteiger charge is 2.09. The lowest BCUT2D eigenvalue weighted by Gasteiger charge is -2.10. The van der Waals surface area contributed by atoms with E-state index in [2.05, 4.69) is 39.6 Å². The van der Waals surface area contributed by atoms with Gasteiger partial charge in [-0.05, 0) is 67.3 Å². The number of carbonyl (C=O) groups excluding carboxylic acids is 1. The first-order valence-corrected chi connectivity index (χ1v) is 9.35. The molecule has 2 aromatic carbocycles. The van der Waals surface area contributed by atoms with Gasteiger partial charge >= 0.3 is 0 Å². The van der Waals surface area contributed by atoms with E-state index >= 15 is 0 Å². The molecule has 6 nitrogen and oxygen atoms in total. The Kier molecular flexibility index (Phi) is 6.34. The van der Waals surface area contributed by atoms with Gasteiger partial charge in [0.25, 0.3) is 0 Å². The standard InChI is InChI=1S/C23H24N4O2/c1-15-5-6-19(23-25-11-12-29-23)14-21(15)18-7-9-20(10-8-18)26-22(28)13-16(2)17(3)27-24-4/h5-12,14H,13H2,1-4H3,(H,26,28)/b17-16+,27-24-. The van der Waals surface area contributed by atoms with Crippen molar-refractivity contribution in [2.45, 2.75) is 27.2 Å². The van der Waals surface area contributed by atoms with Crippen molar-refractivity contribution in [3.63, 3.8) is 0 Å². The highest BCUT2D eigenvalue weighted by molar-refractivity contribution is 5.92. The molecule has 29 heavy (non-hydrogen) atoms. The first kappa shape index (κ1) is 20.2. The second-order valence-electron chi connectivity index (χ2n) is 6.84. The van der Waals surface area contributed by atoms with Gasteiger partial charge in [-0.3, -0.25) is 4.79 Å². The molecule has 1 N–H and O–H groups in total. The predicted molar refractivity (Wildman–Crippen MR) is 115 cm³/mol. The zero-order valence-electron chi connectivity index (χ0n) is 17.1. The SMILES string of the molecule is C/N=N\C(C)=C(/C)CC(=O)Nc1ccc(-c2cc(-c3ncco3)ccc2C)cc1. The third kappa shape index (κ3) is 5.04. The van der Waals surface area contributed by atoms with E-state index in [4.69, 9.17) is 4.42 Å². The van der Waals surface area contributed by atoms with Gasteiger partial charge in [-0.2, -0.15) is 10.2 Å². The molecule has 0 radical (unpaired) electrons. The van der Waals surface area contributed by atoms with Gasteiger partial charge < -0.3 is 9.73 Å². The molecule has 148 valence electrons. The van der Waals surface area contributed by atoms with E-state index in [0.717, 1.165) is 39.2 Å². The van der Waals surface area contributed by atoms with Gasteiger partial charge in [0.05, 0.1) is 11.9 Å². The maximum atomic E-state index is 12.3. The lowest BCUT2D eigenvalue weighted by atomic mass is 9.98. The smallest absolute Gasteiger partial charge is 0.228 e. The van der Waals surface area contributed by atoms with Crippen LogP contribution in [-0.2, 0) is 4.79 Å². The van der Waals surface area contributed by atoms with Crippen LogP contribution in [0.3, 0.4) is 0 Å². The van der Waals surface area contributed by atoms with Crippen LogP contribution in [0.4, 0.5) is 5.69 Å². The third-order valence-electron chi connectivity index (χ3n) is 4.69. The molecule has 1 aromatic heterocycles. The number of azo groups is 1. The fourth-order valence-electron chi connectivity index (χ4n) is 2.97. The summed E-state index contributed by atoms with van der Waals surface area (Å²) in [7, 11) is 1.61. The summed E-state index contributed by atoms with van der Waals surface area (Å²) in [4.78, 5) is 16.5. The molecule has 0 spiro atoms. The second-order valence-corrected chi connectivity index (χ2v) is 6.84. The lowest BCUT2D eigenvalue weighted by molar-refractivity contribution is -0.115. The number of hydrogen-bond acceptors (Lipinski definition) is 5. The number of hydrogen-bond donors (Lipinski definition) is 1. The Morgan fingerprint density at radius 3 is 2.48 bits per heavy atom. The largest absolute Gasteiger partial charge is 0.445 e. The normalized spacial score (nSPS) is 12.1. The summed E-state index contributed by atoms with van der Waals surface area (Å²) < 4.78 is 5.40. The first-order chi connectivity index (χ1) is 14.0. The number of nitrogens with zero attached hydrogens (tertiary/aromatic N) is 3. The van der Waals surface area contributed by atoms with Crippen molar-refractivity contribution in [2.75, 3.05) is 12.4 Å². The summed E-state index contributed by atoms with van der Waals surface area (Å²) in [5.74, 6) is 0.513. The molecule has 0 aliphatic carbocycles. The Labute approximate surface area is 170 Å². The quantitative estimate of drug-likeness (QED) is 0.524. The van der Waals surface area contributed by atoms with Crippen molar-refractivity contribution in [1.82, 2.24) is 4.98 Å². The van der Waals surface area contributed by atoms with Crippen LogP contribution in [-0.4, -0.2) is 17.9 Å². The van der Waals surface area contributed by atoms with Crippen LogP contribution in [0.15, 0.2) is 80.8 Å². The van der Waals surface area contributed by atoms with E-state index in [1.54, 1.807) is 19.5 Å². The molecule has 0 atom stereocenters. The highest BCUT2D eigenvalue weighted by Crippen LogP contribution is 2.29. The minimum absolute atomic E-state index is 0.0806. The lowest BCUT2D eigenvalue weighted by Crippen LogP contribution is -2.11. The van der Waals surface area contributed by atoms with Gasteiger partial charge in [-0.15, -0.1) is 0 Å². The van der Waals surface area contributed by atoms with E-state index in [0.29, 0.717) is 5.89 Å². The summed E-state index contributed by atoms with van der Waals surface area (Å²) >= 11 is 0. The van der Waals surface area contributed by atoms with Gasteiger partial charge in [0.15, 0.2) is 0 Å². The second kappa shape index (κ2) is 9.10. The molecule has 0 bridgehead atoms. The van der Waals surface area contributed by atoms with E-state index in [-0.39, 0.29) is 12.3 Å². The molecule has 0 saturated heterocycles. The Morgan fingerprint density at radius 2 is 1.83 bits per heavy atom. The molecule has 0 aliphatic rings. The number of oxazole rings is 1. The van der Waals surface area contributed by atoms with E-state index in [9.17, 15) is 4.79 Å². The van der Waals surface area contributed by atoms with Crippen LogP contribution in [0.25, 0.3) is 22.6 Å². The van der Waals surface area contributed by atoms with Gasteiger partial charge in [-0.25, -0.2) is 4.98 Å². The number of allylic oxidation sites excluding steroid dienone is 1. The van der Waals surface area contributed by atoms with Crippen molar-refractivity contribution in [1.29, 1.82) is 0 Å². The summed E-state index contributed by atoms with van der Waals surface area (Å²) in [5.41, 5.74) is 6.64. The van der Waals surface area contributed by atoms with E-state index in [1.807, 2.05) is 44.2 Å². The molecule has 3 rings (SSSR count). The summed E-state index contributed by atoms with van der Waals surface area (Å²) in [6, 6.07) is 13.9. The van der Waals surface area contributed by atoms with Crippen molar-refractivity contribution in [2.24, 2.45) is 10.2 Å². The number of anilines is 1. The molecule has 1 heterocycles. The van der Waals surface area contributed by atoms with Crippen molar-refractivity contribution in [3.05, 3.63) is 71.8 Å². The van der Waals surface area contributed by atoms with Crippen LogP contribution in [0.2, 0.25) is 0 Å². The minimum Gasteiger partial charge on any atom is -0.445 e. The van der Waals surface area contributed by atoms with E-state index in [1.165, 1.54) is 0 Å². The minimum atomic E-state index is -0.0806. The first-order valence-electron chi connectivity index (χ1n) is 9.35. The fourth-order valence-corrected chi connectivity index (χ4v) is 2.97. The van der Waals surface area contributed by atoms with Gasteiger partial charge in [-0.1, -0.05) is 18.2 Å². The molecule has 0 aliphatic heterocycles. The molecular weight excluding hydrogens is 364 g/mol. The number of aromatic nitrogens is 1. The number of amides is 1. The zero-order valence-corrected chi connectivity index (χ0v) is 17.1. The molecule has 0 saturated carbocycles. The zero-order chi connectivity index (χ0) is 20.8. The molecule has 1 amide bonds. The van der Waals surface area contributed by atoms with E-state index < -0.39 is 0 Å². The summed E-state index contributed by atoms with van der Waals surface area (Å²) in [6.45, 7) is 5.80. The van der Waals surface area contributed by atoms with Crippen LogP contribution in [0.5, 0.6) is 0 Å². The number of nitrogens with one attached hydrogen (secondary N) is 1. The summed E-state index contributed by atoms with van der Waals surface area (Å²) in [5, 5.41) is 10.6. The number of rotatable bonds is 6. The predicted octanol–water partition coefficient (Wildman–Crippen LogP) is 6.02. The number of aryl methyl sites for hydroxylation is 1. The van der Waals surface area contributed by atoms with Crippen LogP contribution >= 0.6 is 0 Å². The van der Waals surface area contributed by atoms with Crippen LogP contribution in [0, 0.1) is 6.92 Å². The number of benzene rings is 2. The van der Waals surface area contributed by atoms with Gasteiger partial charge in [0, 0.05) is 24.7 Å². The Morgan fingerprint density at radius 1 is 1.10 bits per heavy atom. The van der Waals surface area contributed by atoms with Gasteiger partial charge in [0.1, 0.15) is 6.26 Å². The Balaban J connectivity index is 1.75. The van der Waals surface area contributed by atoms with Crippen molar-refractivity contribution >= 4 is 11.6 Å². The topological polar surface area (TPSA) is 79.9 Å². The molecular formula is C23H24N4O2. The Bertz CT molecular complexity index is 1050.